The van der Waals surface area contributed by atoms with Gasteiger partial charge in [0.25, 0.3) is 11.5 Å². The molecule has 3 rings (SSSR count). The minimum absolute atomic E-state index is 0.0438. The average Bonchev–Trinajstić information content (AvgIpc) is 2.53. The van der Waals surface area contributed by atoms with Gasteiger partial charge in [-0.25, -0.2) is 4.98 Å². The van der Waals surface area contributed by atoms with Crippen molar-refractivity contribution in [3.8, 4) is 0 Å². The highest BCUT2D eigenvalue weighted by molar-refractivity contribution is 7.79. The van der Waals surface area contributed by atoms with E-state index in [0.29, 0.717) is 14.5 Å². The second-order valence-corrected chi connectivity index (χ2v) is 6.35. The summed E-state index contributed by atoms with van der Waals surface area (Å²) >= 11 is 5.77. The van der Waals surface area contributed by atoms with Crippen molar-refractivity contribution in [3.63, 3.8) is 0 Å². The molecular weight excluding hydrogens is 340 g/mol. The molecule has 0 aliphatic rings. The third kappa shape index (κ3) is 2.94. The molecule has 0 saturated carbocycles. The summed E-state index contributed by atoms with van der Waals surface area (Å²) in [6.07, 6.45) is 1.08. The molecule has 1 aromatic heterocycles. The van der Waals surface area contributed by atoms with Gasteiger partial charge < -0.3 is 4.55 Å². The number of fused-ring (bicyclic) bond motifs is 1. The molecule has 8 heteroatoms. The lowest BCUT2D eigenvalue weighted by Gasteiger charge is -2.08. The number of para-hydroxylation sites is 2. The van der Waals surface area contributed by atoms with Gasteiger partial charge in [-0.15, -0.1) is 0 Å². The Bertz CT molecular complexity index is 1020. The number of nitrogens with zero attached hydrogens (tertiary/aromatic N) is 2. The van der Waals surface area contributed by atoms with Gasteiger partial charge in [0.1, 0.15) is 11.7 Å². The maximum Gasteiger partial charge on any atom is 0.331 e. The molecule has 0 fully saturated rings. The molecule has 0 aliphatic carbocycles. The molecule has 0 saturated heterocycles. The highest BCUT2D eigenvalue weighted by Crippen LogP contribution is 2.14. The van der Waals surface area contributed by atoms with Crippen molar-refractivity contribution >= 4 is 38.7 Å². The van der Waals surface area contributed by atoms with Crippen LogP contribution in [-0.4, -0.2) is 23.7 Å². The molecule has 0 atom stereocenters. The molecule has 0 radical (unpaired) electrons. The van der Waals surface area contributed by atoms with Crippen molar-refractivity contribution in [1.29, 1.82) is 0 Å². The lowest BCUT2D eigenvalue weighted by Crippen LogP contribution is -2.48. The number of ketones is 1. The van der Waals surface area contributed by atoms with Crippen LogP contribution >= 0.6 is 11.6 Å². The Morgan fingerprint density at radius 2 is 1.74 bits per heavy atom. The zero-order valence-electron chi connectivity index (χ0n) is 11.5. The van der Waals surface area contributed by atoms with E-state index in [1.54, 1.807) is 18.2 Å². The van der Waals surface area contributed by atoms with E-state index in [-0.39, 0.29) is 16.8 Å². The summed E-state index contributed by atoms with van der Waals surface area (Å²) < 4.78 is 35.5. The number of hydrogen-bond donors (Lipinski definition) is 0. The van der Waals surface area contributed by atoms with Crippen molar-refractivity contribution < 1.29 is 21.7 Å². The summed E-state index contributed by atoms with van der Waals surface area (Å²) in [6.45, 7) is 0. The van der Waals surface area contributed by atoms with Crippen LogP contribution in [-0.2, 0) is 10.3 Å². The topological polar surface area (TPSA) is 91.0 Å². The quantitative estimate of drug-likeness (QED) is 0.408. The molecule has 0 bridgehead atoms. The summed E-state index contributed by atoms with van der Waals surface area (Å²) in [4.78, 5) is 16.6. The average molecular weight is 349 g/mol. The van der Waals surface area contributed by atoms with E-state index in [9.17, 15) is 17.8 Å². The maximum atomic E-state index is 12.6. The van der Waals surface area contributed by atoms with Crippen LogP contribution in [0.15, 0.2) is 54.7 Å². The summed E-state index contributed by atoms with van der Waals surface area (Å²) in [7, 11) is -4.94. The standard InChI is InChI=1S/C15H9ClN2O4S/c16-11-7-5-10(6-8-11)15(19)14-9-17-12-3-1-2-4-13(12)18(14)23(20,21)22/h1-9H. The van der Waals surface area contributed by atoms with Crippen LogP contribution in [0.1, 0.15) is 16.1 Å². The molecule has 0 aliphatic heterocycles. The monoisotopic (exact) mass is 348 g/mol. The van der Waals surface area contributed by atoms with Gasteiger partial charge in [-0.3, -0.25) is 4.79 Å². The first-order valence-corrected chi connectivity index (χ1v) is 8.19. The number of carbonyl (C=O) groups is 1. The van der Waals surface area contributed by atoms with Gasteiger partial charge in [-0.05, 0) is 30.3 Å². The molecule has 3 aromatic rings. The fraction of sp³-hybridized carbons (Fsp3) is 0. The molecule has 116 valence electrons. The van der Waals surface area contributed by atoms with E-state index in [2.05, 4.69) is 4.98 Å². The largest absolute Gasteiger partial charge is 0.693 e. The number of aromatic nitrogens is 2. The van der Waals surface area contributed by atoms with Crippen molar-refractivity contribution in [2.45, 2.75) is 0 Å². The Morgan fingerprint density at radius 1 is 1.09 bits per heavy atom. The number of rotatable bonds is 3. The van der Waals surface area contributed by atoms with E-state index in [1.165, 1.54) is 30.3 Å². The first-order chi connectivity index (χ1) is 10.9. The van der Waals surface area contributed by atoms with Gasteiger partial charge >= 0.3 is 10.3 Å². The third-order valence-corrected chi connectivity index (χ3v) is 4.30. The maximum absolute atomic E-state index is 12.6. The predicted molar refractivity (Wildman–Crippen MR) is 81.9 cm³/mol. The lowest BCUT2D eigenvalue weighted by atomic mass is 10.1. The summed E-state index contributed by atoms with van der Waals surface area (Å²) in [6, 6.07) is 12.1. The number of benzene rings is 2. The second-order valence-electron chi connectivity index (χ2n) is 4.69. The first kappa shape index (κ1) is 15.5. The molecule has 0 amide bonds. The van der Waals surface area contributed by atoms with Crippen molar-refractivity contribution in [2.24, 2.45) is 0 Å². The highest BCUT2D eigenvalue weighted by Gasteiger charge is 2.28. The first-order valence-electron chi connectivity index (χ1n) is 6.44. The zero-order valence-corrected chi connectivity index (χ0v) is 13.1. The smallest absolute Gasteiger partial charge is 0.331 e. The van der Waals surface area contributed by atoms with Crippen LogP contribution in [0.25, 0.3) is 11.0 Å². The van der Waals surface area contributed by atoms with Crippen LogP contribution < -0.4 is 3.97 Å². The van der Waals surface area contributed by atoms with Gasteiger partial charge in [0.2, 0.25) is 5.52 Å². The predicted octanol–water partition coefficient (Wildman–Crippen LogP) is 1.71. The van der Waals surface area contributed by atoms with E-state index in [1.807, 2.05) is 0 Å². The molecule has 1 heterocycles. The van der Waals surface area contributed by atoms with Gasteiger partial charge in [-0.1, -0.05) is 27.7 Å². The molecule has 6 nitrogen and oxygen atoms in total. The van der Waals surface area contributed by atoms with E-state index in [4.69, 9.17) is 11.6 Å². The third-order valence-electron chi connectivity index (χ3n) is 3.21. The van der Waals surface area contributed by atoms with Crippen LogP contribution in [0.5, 0.6) is 0 Å². The molecular formula is C15H9ClN2O4S. The lowest BCUT2D eigenvalue weighted by molar-refractivity contribution is -0.493. The number of carbonyl (C=O) groups excluding carboxylic acids is 1. The Hall–Kier alpha value is -2.35. The van der Waals surface area contributed by atoms with Gasteiger partial charge in [0, 0.05) is 16.7 Å². The van der Waals surface area contributed by atoms with Crippen molar-refractivity contribution in [2.75, 3.05) is 0 Å². The van der Waals surface area contributed by atoms with E-state index < -0.39 is 16.1 Å². The number of hydrogen-bond acceptors (Lipinski definition) is 5. The molecule has 0 spiro atoms. The normalized spacial score (nSPS) is 11.6. The molecule has 0 unspecified atom stereocenters. The Morgan fingerprint density at radius 3 is 2.39 bits per heavy atom. The van der Waals surface area contributed by atoms with E-state index in [0.717, 1.165) is 6.20 Å². The van der Waals surface area contributed by atoms with Crippen LogP contribution in [0.2, 0.25) is 5.02 Å². The fourth-order valence-corrected chi connectivity index (χ4v) is 3.09. The summed E-state index contributed by atoms with van der Waals surface area (Å²) in [5.74, 6) is -0.639. The van der Waals surface area contributed by atoms with Crippen LogP contribution in [0.3, 0.4) is 0 Å². The second kappa shape index (κ2) is 5.69. The minimum atomic E-state index is -4.94. The SMILES string of the molecule is O=C(c1ccc(Cl)cc1)c1cnc2ccccc2[n+]1S(=O)(=O)[O-]. The molecule has 2 aromatic carbocycles. The minimum Gasteiger partial charge on any atom is -0.693 e. The van der Waals surface area contributed by atoms with E-state index >= 15 is 0 Å². The van der Waals surface area contributed by atoms with Gasteiger partial charge in [-0.2, -0.15) is 8.42 Å². The molecule has 23 heavy (non-hydrogen) atoms. The molecule has 0 N–H and O–H groups in total. The Labute approximate surface area is 136 Å². The van der Waals surface area contributed by atoms with Crippen LogP contribution in [0.4, 0.5) is 0 Å². The van der Waals surface area contributed by atoms with Gasteiger partial charge in [0.05, 0.1) is 0 Å². The zero-order chi connectivity index (χ0) is 16.6. The highest BCUT2D eigenvalue weighted by atomic mass is 35.5. The summed E-state index contributed by atoms with van der Waals surface area (Å²) in [5.41, 5.74) is 0.201. The van der Waals surface area contributed by atoms with Crippen molar-refractivity contribution in [3.05, 3.63) is 71.0 Å². The Kier molecular flexibility index (Phi) is 3.85. The Balaban J connectivity index is 2.29. The van der Waals surface area contributed by atoms with Crippen molar-refractivity contribution in [1.82, 2.24) is 4.98 Å². The van der Waals surface area contributed by atoms with Gasteiger partial charge in [0.15, 0.2) is 0 Å². The summed E-state index contributed by atoms with van der Waals surface area (Å²) in [5, 5.41) is 0.433. The fourth-order valence-electron chi connectivity index (χ4n) is 2.20. The van der Waals surface area contributed by atoms with Crippen LogP contribution in [0, 0.1) is 0 Å². The number of halogens is 1.